The van der Waals surface area contributed by atoms with Gasteiger partial charge in [-0.05, 0) is 18.4 Å². The maximum absolute atomic E-state index is 12.5. The first-order valence-electron chi connectivity index (χ1n) is 7.37. The molecule has 1 saturated carbocycles. The average Bonchev–Trinajstić information content (AvgIpc) is 3.26. The van der Waals surface area contributed by atoms with Gasteiger partial charge < -0.3 is 14.7 Å². The second kappa shape index (κ2) is 6.14. The summed E-state index contributed by atoms with van der Waals surface area (Å²) < 4.78 is 41.6. The van der Waals surface area contributed by atoms with Gasteiger partial charge in [-0.15, -0.1) is 0 Å². The molecule has 1 aromatic carbocycles. The van der Waals surface area contributed by atoms with Crippen LogP contribution in [0.4, 0.5) is 18.0 Å². The maximum Gasteiger partial charge on any atom is 0.471 e. The van der Waals surface area contributed by atoms with E-state index in [-0.39, 0.29) is 19.3 Å². The molecule has 2 aromatic rings. The summed E-state index contributed by atoms with van der Waals surface area (Å²) in [5.41, 5.74) is 1.28. The third-order valence-electron chi connectivity index (χ3n) is 3.70. The minimum absolute atomic E-state index is 0. The monoisotopic (exact) mass is 342 g/mol. The number of nitrogens with zero attached hydrogens (tertiary/aromatic N) is 3. The van der Waals surface area contributed by atoms with Crippen molar-refractivity contribution in [1.82, 2.24) is 20.4 Å². The molecule has 3 rings (SSSR count). The van der Waals surface area contributed by atoms with Gasteiger partial charge in [-0.25, -0.2) is 4.79 Å². The fraction of sp³-hybridized carbons (Fsp3) is 0.400. The molecule has 9 heteroatoms. The third kappa shape index (κ3) is 3.50. The Balaban J connectivity index is 0.00000225. The molecule has 0 aliphatic heterocycles. The molecule has 1 aromatic heterocycles. The van der Waals surface area contributed by atoms with E-state index < -0.39 is 12.1 Å². The van der Waals surface area contributed by atoms with E-state index in [9.17, 15) is 18.0 Å². The van der Waals surface area contributed by atoms with Crippen LogP contribution in [0.1, 0.15) is 25.7 Å². The molecule has 0 radical (unpaired) electrons. The fourth-order valence-corrected chi connectivity index (χ4v) is 2.31. The van der Waals surface area contributed by atoms with E-state index in [0.717, 1.165) is 18.4 Å². The standard InChI is InChI=1S/C15H15F3N4O2.H2/c1-19-14(23)22(11-6-7-11)8-9-2-4-10(5-3-9)12-20-13(24-21-12)15(16,17)18;/h2-5,11H,6-8H2,1H3,(H,19,23);1H. The van der Waals surface area contributed by atoms with Crippen molar-refractivity contribution in [3.8, 4) is 11.4 Å². The Kier molecular flexibility index (Phi) is 4.16. The minimum atomic E-state index is -4.66. The van der Waals surface area contributed by atoms with Gasteiger partial charge in [0.05, 0.1) is 0 Å². The zero-order valence-electron chi connectivity index (χ0n) is 12.8. The zero-order valence-corrected chi connectivity index (χ0v) is 12.8. The van der Waals surface area contributed by atoms with Crippen LogP contribution in [0.5, 0.6) is 0 Å². The molecule has 0 bridgehead atoms. The number of hydrogen-bond donors (Lipinski definition) is 1. The lowest BCUT2D eigenvalue weighted by Crippen LogP contribution is -2.39. The summed E-state index contributed by atoms with van der Waals surface area (Å²) in [7, 11) is 1.58. The van der Waals surface area contributed by atoms with Crippen LogP contribution in [-0.4, -0.2) is 34.2 Å². The van der Waals surface area contributed by atoms with Gasteiger partial charge in [0.15, 0.2) is 0 Å². The molecule has 0 atom stereocenters. The van der Waals surface area contributed by atoms with E-state index in [0.29, 0.717) is 12.1 Å². The van der Waals surface area contributed by atoms with E-state index in [4.69, 9.17) is 0 Å². The molecular weight excluding hydrogens is 325 g/mol. The molecule has 0 saturated heterocycles. The first-order chi connectivity index (χ1) is 11.4. The Morgan fingerprint density at radius 1 is 1.38 bits per heavy atom. The van der Waals surface area contributed by atoms with Gasteiger partial charge in [-0.2, -0.15) is 18.2 Å². The summed E-state index contributed by atoms with van der Waals surface area (Å²) in [6.07, 6.45) is -2.70. The number of carbonyl (C=O) groups excluding carboxylic acids is 1. The molecule has 1 fully saturated rings. The number of hydrogen-bond acceptors (Lipinski definition) is 4. The van der Waals surface area contributed by atoms with Crippen molar-refractivity contribution >= 4 is 6.03 Å². The van der Waals surface area contributed by atoms with E-state index >= 15 is 0 Å². The van der Waals surface area contributed by atoms with Crippen LogP contribution in [0.25, 0.3) is 11.4 Å². The van der Waals surface area contributed by atoms with Crippen molar-refractivity contribution < 1.29 is 23.9 Å². The van der Waals surface area contributed by atoms with Crippen LogP contribution >= 0.6 is 0 Å². The second-order valence-electron chi connectivity index (χ2n) is 5.53. The van der Waals surface area contributed by atoms with Gasteiger partial charge in [0, 0.05) is 26.6 Å². The van der Waals surface area contributed by atoms with Gasteiger partial charge in [0.1, 0.15) is 0 Å². The highest BCUT2D eigenvalue weighted by atomic mass is 19.4. The molecule has 0 unspecified atom stereocenters. The van der Waals surface area contributed by atoms with Crippen molar-refractivity contribution in [2.24, 2.45) is 0 Å². The van der Waals surface area contributed by atoms with Gasteiger partial charge in [-0.3, -0.25) is 0 Å². The molecule has 6 nitrogen and oxygen atoms in total. The Hall–Kier alpha value is -2.58. The second-order valence-corrected chi connectivity index (χ2v) is 5.53. The quantitative estimate of drug-likeness (QED) is 0.925. The van der Waals surface area contributed by atoms with Crippen LogP contribution < -0.4 is 5.32 Å². The summed E-state index contributed by atoms with van der Waals surface area (Å²) in [6.45, 7) is 0.435. The fourth-order valence-electron chi connectivity index (χ4n) is 2.31. The van der Waals surface area contributed by atoms with Gasteiger partial charge in [0.2, 0.25) is 5.82 Å². The molecule has 1 aliphatic rings. The largest absolute Gasteiger partial charge is 0.471 e. The lowest BCUT2D eigenvalue weighted by molar-refractivity contribution is -0.159. The first kappa shape index (κ1) is 16.3. The van der Waals surface area contributed by atoms with E-state index in [1.807, 2.05) is 0 Å². The van der Waals surface area contributed by atoms with E-state index in [1.165, 1.54) is 0 Å². The number of carbonyl (C=O) groups is 1. The van der Waals surface area contributed by atoms with E-state index in [1.54, 1.807) is 36.2 Å². The summed E-state index contributed by atoms with van der Waals surface area (Å²) >= 11 is 0. The number of alkyl halides is 3. The van der Waals surface area contributed by atoms with Gasteiger partial charge in [-0.1, -0.05) is 29.4 Å². The molecule has 1 N–H and O–H groups in total. The van der Waals surface area contributed by atoms with Crippen LogP contribution in [0, 0.1) is 0 Å². The van der Waals surface area contributed by atoms with Crippen molar-refractivity contribution in [3.05, 3.63) is 35.7 Å². The molecule has 24 heavy (non-hydrogen) atoms. The van der Waals surface area contributed by atoms with Gasteiger partial charge >= 0.3 is 18.1 Å². The van der Waals surface area contributed by atoms with Crippen LogP contribution in [0.15, 0.2) is 28.8 Å². The maximum atomic E-state index is 12.5. The highest BCUT2D eigenvalue weighted by Gasteiger charge is 2.38. The predicted molar refractivity (Wildman–Crippen MR) is 79.9 cm³/mol. The molecule has 1 aliphatic carbocycles. The highest BCUT2D eigenvalue weighted by molar-refractivity contribution is 5.74. The third-order valence-corrected chi connectivity index (χ3v) is 3.70. The van der Waals surface area contributed by atoms with Crippen molar-refractivity contribution in [2.75, 3.05) is 7.05 Å². The number of amides is 2. The molecule has 0 spiro atoms. The Morgan fingerprint density at radius 3 is 2.54 bits per heavy atom. The first-order valence-corrected chi connectivity index (χ1v) is 7.37. The minimum Gasteiger partial charge on any atom is -0.341 e. The Labute approximate surface area is 137 Å². The van der Waals surface area contributed by atoms with Crippen molar-refractivity contribution in [1.29, 1.82) is 0 Å². The molecule has 2 amide bonds. The van der Waals surface area contributed by atoms with Crippen molar-refractivity contribution in [2.45, 2.75) is 31.6 Å². The number of aromatic nitrogens is 2. The van der Waals surface area contributed by atoms with Crippen molar-refractivity contribution in [3.63, 3.8) is 0 Å². The number of benzene rings is 1. The summed E-state index contributed by atoms with van der Waals surface area (Å²) in [6, 6.07) is 6.78. The molecular formula is C15H17F3N4O2. The van der Waals surface area contributed by atoms with Crippen LogP contribution in [0.2, 0.25) is 0 Å². The summed E-state index contributed by atoms with van der Waals surface area (Å²) in [5, 5.41) is 5.95. The van der Waals surface area contributed by atoms with Gasteiger partial charge in [0.25, 0.3) is 0 Å². The van der Waals surface area contributed by atoms with Crippen LogP contribution in [0.3, 0.4) is 0 Å². The van der Waals surface area contributed by atoms with E-state index in [2.05, 4.69) is 20.0 Å². The lowest BCUT2D eigenvalue weighted by Gasteiger charge is -2.21. The molecule has 130 valence electrons. The normalized spacial score (nSPS) is 14.5. The number of halogens is 3. The average molecular weight is 342 g/mol. The Morgan fingerprint density at radius 2 is 2.04 bits per heavy atom. The number of rotatable bonds is 4. The highest BCUT2D eigenvalue weighted by Crippen LogP contribution is 2.30. The zero-order chi connectivity index (χ0) is 17.3. The Bertz CT molecular complexity index is 729. The lowest BCUT2D eigenvalue weighted by atomic mass is 10.1. The summed E-state index contributed by atoms with van der Waals surface area (Å²) in [4.78, 5) is 16.9. The smallest absolute Gasteiger partial charge is 0.341 e. The number of urea groups is 1. The predicted octanol–water partition coefficient (Wildman–Crippen LogP) is 3.31. The molecule has 1 heterocycles. The van der Waals surface area contributed by atoms with Crippen LogP contribution in [-0.2, 0) is 12.7 Å². The summed E-state index contributed by atoms with van der Waals surface area (Å²) in [5.74, 6) is -1.50. The topological polar surface area (TPSA) is 71.3 Å². The SMILES string of the molecule is CNC(=O)N(Cc1ccc(-c2noc(C(F)(F)F)n2)cc1)C1CC1.[HH]. The number of nitrogens with one attached hydrogen (secondary N) is 1.